The lowest BCUT2D eigenvalue weighted by molar-refractivity contribution is -0.182. The molecule has 1 fully saturated rings. The summed E-state index contributed by atoms with van der Waals surface area (Å²) in [4.78, 5) is 26.2. The maximum atomic E-state index is 13.0. The first kappa shape index (κ1) is 22.4. The van der Waals surface area contributed by atoms with Crippen LogP contribution in [0.1, 0.15) is 51.7 Å². The first-order valence-electron chi connectivity index (χ1n) is 10.2. The zero-order valence-electron chi connectivity index (χ0n) is 17.5. The van der Waals surface area contributed by atoms with Crippen LogP contribution in [0, 0.1) is 11.8 Å². The highest BCUT2D eigenvalue weighted by Crippen LogP contribution is 2.34. The molecule has 0 aromatic carbocycles. The first-order chi connectivity index (χ1) is 13.9. The standard InChI is InChI=1S/C19H28F3N5O3/c1-18(2,3)30-17(29)26-8-6-12(7-9-26)16(28)23-10-15-25-24-14-5-4-13(11-27(14)15)19(20,21)22/h12-13H,4-11H2,1-3H3,(H,23,28). The molecule has 2 amide bonds. The zero-order chi connectivity index (χ0) is 22.1. The Morgan fingerprint density at radius 1 is 1.13 bits per heavy atom. The number of rotatable bonds is 3. The Hall–Kier alpha value is -2.33. The van der Waals surface area contributed by atoms with Gasteiger partial charge in [-0.05, 0) is 40.0 Å². The van der Waals surface area contributed by atoms with Crippen molar-refractivity contribution in [2.75, 3.05) is 13.1 Å². The molecule has 1 saturated heterocycles. The third-order valence-corrected chi connectivity index (χ3v) is 5.42. The van der Waals surface area contributed by atoms with Gasteiger partial charge in [0.05, 0.1) is 12.5 Å². The molecule has 1 aromatic heterocycles. The van der Waals surface area contributed by atoms with E-state index < -0.39 is 23.8 Å². The predicted octanol–water partition coefficient (Wildman–Crippen LogP) is 2.67. The molecule has 11 heteroatoms. The molecule has 0 aliphatic carbocycles. The number of nitrogens with one attached hydrogen (secondary N) is 1. The van der Waals surface area contributed by atoms with Crippen molar-refractivity contribution in [3.63, 3.8) is 0 Å². The number of hydrogen-bond donors (Lipinski definition) is 1. The van der Waals surface area contributed by atoms with Gasteiger partial charge in [-0.1, -0.05) is 0 Å². The van der Waals surface area contributed by atoms with Crippen LogP contribution >= 0.6 is 0 Å². The van der Waals surface area contributed by atoms with Gasteiger partial charge >= 0.3 is 12.3 Å². The van der Waals surface area contributed by atoms with Crippen molar-refractivity contribution in [2.24, 2.45) is 11.8 Å². The van der Waals surface area contributed by atoms with Crippen LogP contribution in [0.2, 0.25) is 0 Å². The van der Waals surface area contributed by atoms with Gasteiger partial charge in [-0.2, -0.15) is 13.2 Å². The van der Waals surface area contributed by atoms with Crippen LogP contribution in [0.5, 0.6) is 0 Å². The molecule has 1 unspecified atom stereocenters. The number of fused-ring (bicyclic) bond motifs is 1. The van der Waals surface area contributed by atoms with E-state index in [1.54, 1.807) is 25.7 Å². The van der Waals surface area contributed by atoms with Gasteiger partial charge in [0.25, 0.3) is 0 Å². The average Bonchev–Trinajstić information content (AvgIpc) is 3.06. The Bertz CT molecular complexity index is 779. The number of aryl methyl sites for hydroxylation is 1. The number of likely N-dealkylation sites (tertiary alicyclic amines) is 1. The highest BCUT2D eigenvalue weighted by Gasteiger charge is 2.42. The number of halogens is 3. The minimum absolute atomic E-state index is 0.00418. The molecular weight excluding hydrogens is 403 g/mol. The van der Waals surface area contributed by atoms with Crippen LogP contribution in [0.15, 0.2) is 0 Å². The molecule has 3 rings (SSSR count). The van der Waals surface area contributed by atoms with E-state index in [0.29, 0.717) is 37.6 Å². The maximum Gasteiger partial charge on any atom is 0.410 e. The van der Waals surface area contributed by atoms with Gasteiger partial charge in [0, 0.05) is 32.0 Å². The van der Waals surface area contributed by atoms with Crippen LogP contribution < -0.4 is 5.32 Å². The Kier molecular flexibility index (Phi) is 6.28. The number of carbonyl (C=O) groups is 2. The minimum atomic E-state index is -4.26. The van der Waals surface area contributed by atoms with Gasteiger partial charge in [0.15, 0.2) is 5.82 Å². The average molecular weight is 431 g/mol. The van der Waals surface area contributed by atoms with Crippen molar-refractivity contribution in [2.45, 2.75) is 71.3 Å². The summed E-state index contributed by atoms with van der Waals surface area (Å²) < 4.78 is 46.0. The number of carbonyl (C=O) groups excluding carboxylic acids is 2. The number of piperidine rings is 1. The molecule has 1 atom stereocenters. The molecule has 1 N–H and O–H groups in total. The lowest BCUT2D eigenvalue weighted by Crippen LogP contribution is -2.44. The van der Waals surface area contributed by atoms with E-state index in [1.165, 1.54) is 4.57 Å². The van der Waals surface area contributed by atoms with Gasteiger partial charge in [0.2, 0.25) is 5.91 Å². The summed E-state index contributed by atoms with van der Waals surface area (Å²) in [6, 6.07) is 0. The van der Waals surface area contributed by atoms with Gasteiger partial charge in [0.1, 0.15) is 11.4 Å². The van der Waals surface area contributed by atoms with Crippen LogP contribution in [0.25, 0.3) is 0 Å². The molecule has 2 aliphatic heterocycles. The molecule has 168 valence electrons. The molecule has 0 radical (unpaired) electrons. The Morgan fingerprint density at radius 2 is 1.80 bits per heavy atom. The van der Waals surface area contributed by atoms with Crippen molar-refractivity contribution in [3.8, 4) is 0 Å². The topological polar surface area (TPSA) is 89.3 Å². The monoisotopic (exact) mass is 431 g/mol. The normalized spacial score (nSPS) is 20.6. The first-order valence-corrected chi connectivity index (χ1v) is 10.2. The largest absolute Gasteiger partial charge is 0.444 e. The molecule has 3 heterocycles. The van der Waals surface area contributed by atoms with Crippen molar-refractivity contribution in [3.05, 3.63) is 11.6 Å². The third kappa shape index (κ3) is 5.42. The molecule has 0 saturated carbocycles. The second-order valence-electron chi connectivity index (χ2n) is 8.88. The zero-order valence-corrected chi connectivity index (χ0v) is 17.5. The van der Waals surface area contributed by atoms with E-state index in [2.05, 4.69) is 15.5 Å². The van der Waals surface area contributed by atoms with Crippen molar-refractivity contribution >= 4 is 12.0 Å². The fraction of sp³-hybridized carbons (Fsp3) is 0.789. The summed E-state index contributed by atoms with van der Waals surface area (Å²) in [7, 11) is 0. The Balaban J connectivity index is 1.50. The number of amides is 2. The molecule has 1 aromatic rings. The van der Waals surface area contributed by atoms with Crippen LogP contribution in [-0.2, 0) is 29.0 Å². The smallest absolute Gasteiger partial charge is 0.410 e. The van der Waals surface area contributed by atoms with E-state index >= 15 is 0 Å². The summed E-state index contributed by atoms with van der Waals surface area (Å²) in [5.41, 5.74) is -0.576. The van der Waals surface area contributed by atoms with Gasteiger partial charge in [-0.3, -0.25) is 4.79 Å². The second kappa shape index (κ2) is 8.43. The summed E-state index contributed by atoms with van der Waals surface area (Å²) in [6.45, 7) is 6.04. The van der Waals surface area contributed by atoms with E-state index in [4.69, 9.17) is 4.74 Å². The summed E-state index contributed by atoms with van der Waals surface area (Å²) >= 11 is 0. The summed E-state index contributed by atoms with van der Waals surface area (Å²) in [5.74, 6) is -1.04. The van der Waals surface area contributed by atoms with E-state index in [1.807, 2.05) is 0 Å². The maximum absolute atomic E-state index is 13.0. The summed E-state index contributed by atoms with van der Waals surface area (Å²) in [6.07, 6.45) is -3.43. The lowest BCUT2D eigenvalue weighted by atomic mass is 9.96. The van der Waals surface area contributed by atoms with Gasteiger partial charge in [-0.25, -0.2) is 4.79 Å². The van der Waals surface area contributed by atoms with Crippen molar-refractivity contribution < 1.29 is 27.5 Å². The number of nitrogens with zero attached hydrogens (tertiary/aromatic N) is 4. The number of alkyl halides is 3. The fourth-order valence-corrected chi connectivity index (χ4v) is 3.74. The molecule has 2 aliphatic rings. The summed E-state index contributed by atoms with van der Waals surface area (Å²) in [5, 5.41) is 10.7. The Labute approximate surface area is 173 Å². The third-order valence-electron chi connectivity index (χ3n) is 5.42. The minimum Gasteiger partial charge on any atom is -0.444 e. The predicted molar refractivity (Wildman–Crippen MR) is 100 cm³/mol. The molecule has 0 spiro atoms. The highest BCUT2D eigenvalue weighted by molar-refractivity contribution is 5.79. The van der Waals surface area contributed by atoms with Crippen LogP contribution in [-0.4, -0.2) is 56.5 Å². The van der Waals surface area contributed by atoms with Gasteiger partial charge in [-0.15, -0.1) is 10.2 Å². The van der Waals surface area contributed by atoms with Crippen molar-refractivity contribution in [1.29, 1.82) is 0 Å². The molecule has 8 nitrogen and oxygen atoms in total. The molecule has 0 bridgehead atoms. The van der Waals surface area contributed by atoms with Crippen LogP contribution in [0.4, 0.5) is 18.0 Å². The SMILES string of the molecule is CC(C)(C)OC(=O)N1CCC(C(=O)NCc2nnc3n2CC(C(F)(F)F)CC3)CC1. The van der Waals surface area contributed by atoms with Crippen molar-refractivity contribution in [1.82, 2.24) is 25.0 Å². The van der Waals surface area contributed by atoms with E-state index in [-0.39, 0.29) is 37.8 Å². The number of hydrogen-bond acceptors (Lipinski definition) is 5. The van der Waals surface area contributed by atoms with E-state index in [0.717, 1.165) is 0 Å². The number of aromatic nitrogens is 3. The molecule has 30 heavy (non-hydrogen) atoms. The molecular formula is C19H28F3N5O3. The van der Waals surface area contributed by atoms with E-state index in [9.17, 15) is 22.8 Å². The fourth-order valence-electron chi connectivity index (χ4n) is 3.74. The Morgan fingerprint density at radius 3 is 2.40 bits per heavy atom. The quantitative estimate of drug-likeness (QED) is 0.795. The highest BCUT2D eigenvalue weighted by atomic mass is 19.4. The number of ether oxygens (including phenoxy) is 1. The van der Waals surface area contributed by atoms with Crippen LogP contribution in [0.3, 0.4) is 0 Å². The second-order valence-corrected chi connectivity index (χ2v) is 8.88. The lowest BCUT2D eigenvalue weighted by Gasteiger charge is -2.33. The van der Waals surface area contributed by atoms with Gasteiger partial charge < -0.3 is 19.5 Å².